The maximum absolute atomic E-state index is 12.4. The lowest BCUT2D eigenvalue weighted by atomic mass is 10.2. The summed E-state index contributed by atoms with van der Waals surface area (Å²) in [6.45, 7) is 0.859. The summed E-state index contributed by atoms with van der Waals surface area (Å²) in [4.78, 5) is 28.6. The van der Waals surface area contributed by atoms with E-state index in [1.807, 2.05) is 0 Å². The Morgan fingerprint density at radius 1 is 1.48 bits per heavy atom. The van der Waals surface area contributed by atoms with Crippen LogP contribution in [-0.2, 0) is 11.3 Å². The highest BCUT2D eigenvalue weighted by Crippen LogP contribution is 2.19. The highest BCUT2D eigenvalue weighted by molar-refractivity contribution is 7.99. The van der Waals surface area contributed by atoms with Crippen molar-refractivity contribution in [2.24, 2.45) is 0 Å². The molecule has 1 aromatic heterocycles. The Balaban J connectivity index is 2.13. The molecule has 1 aliphatic heterocycles. The van der Waals surface area contributed by atoms with E-state index in [0.717, 1.165) is 11.3 Å². The molecule has 1 unspecified atom stereocenters. The Kier molecular flexibility index (Phi) is 5.55. The molecule has 0 bridgehead atoms. The molecule has 1 saturated heterocycles. The second-order valence-corrected chi connectivity index (χ2v) is 6.38. The van der Waals surface area contributed by atoms with Gasteiger partial charge in [-0.25, -0.2) is 9.78 Å². The van der Waals surface area contributed by atoms with Crippen molar-refractivity contribution in [3.8, 4) is 0 Å². The standard InChI is InChI=1S/C12H13Cl2N3O3S/c13-9-3-7(4-10(14)16-9)5-17-1-2-21-6-8(11(17)18)15-12(19)20/h3-4,8,15H,1-2,5-6H2,(H,19,20). The number of nitrogens with zero attached hydrogens (tertiary/aromatic N) is 2. The van der Waals surface area contributed by atoms with E-state index in [2.05, 4.69) is 10.3 Å². The number of thioether (sulfide) groups is 1. The molecule has 2 amide bonds. The van der Waals surface area contributed by atoms with Gasteiger partial charge in [-0.1, -0.05) is 23.2 Å². The number of hydrogen-bond donors (Lipinski definition) is 2. The summed E-state index contributed by atoms with van der Waals surface area (Å²) in [7, 11) is 0. The first-order valence-electron chi connectivity index (χ1n) is 6.13. The lowest BCUT2D eigenvalue weighted by molar-refractivity contribution is -0.132. The average Bonchev–Trinajstić information content (AvgIpc) is 2.52. The summed E-state index contributed by atoms with van der Waals surface area (Å²) in [5.74, 6) is 0.932. The molecule has 0 saturated carbocycles. The normalized spacial score (nSPS) is 19.2. The van der Waals surface area contributed by atoms with Gasteiger partial charge in [0.05, 0.1) is 0 Å². The van der Waals surface area contributed by atoms with E-state index >= 15 is 0 Å². The van der Waals surface area contributed by atoms with Gasteiger partial charge in [-0.2, -0.15) is 11.8 Å². The zero-order valence-corrected chi connectivity index (χ0v) is 13.2. The van der Waals surface area contributed by atoms with Gasteiger partial charge in [0.15, 0.2) is 0 Å². The molecule has 1 atom stereocenters. The van der Waals surface area contributed by atoms with E-state index in [1.54, 1.807) is 17.0 Å². The predicted octanol–water partition coefficient (Wildman–Crippen LogP) is 2.10. The van der Waals surface area contributed by atoms with Crippen molar-refractivity contribution in [3.63, 3.8) is 0 Å². The Labute approximate surface area is 135 Å². The van der Waals surface area contributed by atoms with Gasteiger partial charge in [-0.05, 0) is 17.7 Å². The SMILES string of the molecule is O=C(O)NC1CSCCN(Cc2cc(Cl)nc(Cl)c2)C1=O. The molecule has 21 heavy (non-hydrogen) atoms. The molecule has 114 valence electrons. The Hall–Kier alpha value is -1.18. The molecule has 2 rings (SSSR count). The van der Waals surface area contributed by atoms with E-state index in [1.165, 1.54) is 11.8 Å². The minimum absolute atomic E-state index is 0.244. The minimum atomic E-state index is -1.20. The molecule has 0 radical (unpaired) electrons. The maximum Gasteiger partial charge on any atom is 0.405 e. The van der Waals surface area contributed by atoms with Gasteiger partial charge in [0, 0.05) is 24.6 Å². The van der Waals surface area contributed by atoms with Crippen molar-refractivity contribution in [3.05, 3.63) is 28.0 Å². The number of halogens is 2. The largest absolute Gasteiger partial charge is 0.465 e. The quantitative estimate of drug-likeness (QED) is 0.816. The zero-order chi connectivity index (χ0) is 15.4. The van der Waals surface area contributed by atoms with Crippen molar-refractivity contribution in [2.75, 3.05) is 18.1 Å². The van der Waals surface area contributed by atoms with Crippen LogP contribution in [0, 0.1) is 0 Å². The van der Waals surface area contributed by atoms with Crippen LogP contribution in [0.4, 0.5) is 4.79 Å². The molecule has 1 fully saturated rings. The van der Waals surface area contributed by atoms with Crippen LogP contribution in [0.15, 0.2) is 12.1 Å². The molecule has 2 N–H and O–H groups in total. The van der Waals surface area contributed by atoms with E-state index in [9.17, 15) is 9.59 Å². The summed E-state index contributed by atoms with van der Waals surface area (Å²) in [5, 5.41) is 11.6. The Morgan fingerprint density at radius 2 is 2.14 bits per heavy atom. The fraction of sp³-hybridized carbons (Fsp3) is 0.417. The molecular formula is C12H13Cl2N3O3S. The lowest BCUT2D eigenvalue weighted by Gasteiger charge is -2.24. The zero-order valence-electron chi connectivity index (χ0n) is 10.9. The fourth-order valence-corrected chi connectivity index (χ4v) is 3.50. The second kappa shape index (κ2) is 7.20. The Bertz CT molecular complexity index is 538. The third-order valence-corrected chi connectivity index (χ3v) is 4.32. The molecule has 0 spiro atoms. The van der Waals surface area contributed by atoms with Gasteiger partial charge >= 0.3 is 6.09 Å². The molecule has 1 aromatic rings. The number of pyridine rings is 1. The smallest absolute Gasteiger partial charge is 0.405 e. The van der Waals surface area contributed by atoms with Crippen molar-refractivity contribution in [2.45, 2.75) is 12.6 Å². The number of carbonyl (C=O) groups is 2. The second-order valence-electron chi connectivity index (χ2n) is 4.46. The summed E-state index contributed by atoms with van der Waals surface area (Å²) in [5.41, 5.74) is 0.759. The topological polar surface area (TPSA) is 82.5 Å². The molecule has 2 heterocycles. The summed E-state index contributed by atoms with van der Waals surface area (Å²) >= 11 is 13.2. The fourth-order valence-electron chi connectivity index (χ4n) is 2.01. The number of nitrogens with one attached hydrogen (secondary N) is 1. The van der Waals surface area contributed by atoms with Gasteiger partial charge in [0.1, 0.15) is 16.3 Å². The third kappa shape index (κ3) is 4.66. The first kappa shape index (κ1) is 16.2. The molecule has 0 aromatic carbocycles. The molecule has 6 nitrogen and oxygen atoms in total. The highest BCUT2D eigenvalue weighted by atomic mass is 35.5. The van der Waals surface area contributed by atoms with E-state index in [0.29, 0.717) is 18.8 Å². The van der Waals surface area contributed by atoms with Crippen molar-refractivity contribution < 1.29 is 14.7 Å². The van der Waals surface area contributed by atoms with Crippen LogP contribution < -0.4 is 5.32 Å². The van der Waals surface area contributed by atoms with Gasteiger partial charge in [0.2, 0.25) is 5.91 Å². The monoisotopic (exact) mass is 349 g/mol. The van der Waals surface area contributed by atoms with E-state index < -0.39 is 12.1 Å². The number of carboxylic acid groups (broad SMARTS) is 1. The van der Waals surface area contributed by atoms with Crippen LogP contribution in [0.5, 0.6) is 0 Å². The molecule has 9 heteroatoms. The number of rotatable bonds is 3. The average molecular weight is 350 g/mol. The molecule has 1 aliphatic rings. The predicted molar refractivity (Wildman–Crippen MR) is 81.9 cm³/mol. The van der Waals surface area contributed by atoms with Gasteiger partial charge < -0.3 is 15.3 Å². The summed E-state index contributed by atoms with van der Waals surface area (Å²) in [6.07, 6.45) is -1.20. The number of hydrogen-bond acceptors (Lipinski definition) is 4. The third-order valence-electron chi connectivity index (χ3n) is 2.89. The van der Waals surface area contributed by atoms with Crippen LogP contribution in [0.2, 0.25) is 10.3 Å². The van der Waals surface area contributed by atoms with E-state index in [4.69, 9.17) is 28.3 Å². The number of aromatic nitrogens is 1. The Morgan fingerprint density at radius 3 is 2.76 bits per heavy atom. The van der Waals surface area contributed by atoms with Crippen LogP contribution in [0.1, 0.15) is 5.56 Å². The minimum Gasteiger partial charge on any atom is -0.465 e. The lowest BCUT2D eigenvalue weighted by Crippen LogP contribution is -2.48. The first-order valence-corrected chi connectivity index (χ1v) is 8.04. The summed E-state index contributed by atoms with van der Waals surface area (Å²) < 4.78 is 0. The van der Waals surface area contributed by atoms with Gasteiger partial charge in [-0.15, -0.1) is 0 Å². The van der Waals surface area contributed by atoms with Crippen LogP contribution in [-0.4, -0.2) is 51.1 Å². The van der Waals surface area contributed by atoms with E-state index in [-0.39, 0.29) is 16.2 Å². The maximum atomic E-state index is 12.4. The van der Waals surface area contributed by atoms with Crippen LogP contribution in [0.3, 0.4) is 0 Å². The first-order chi connectivity index (χ1) is 9.95. The molecule has 0 aliphatic carbocycles. The molecular weight excluding hydrogens is 337 g/mol. The van der Waals surface area contributed by atoms with Gasteiger partial charge in [0.25, 0.3) is 0 Å². The van der Waals surface area contributed by atoms with Crippen LogP contribution >= 0.6 is 35.0 Å². The van der Waals surface area contributed by atoms with Crippen LogP contribution in [0.25, 0.3) is 0 Å². The van der Waals surface area contributed by atoms with Crippen molar-refractivity contribution in [1.82, 2.24) is 15.2 Å². The number of amides is 2. The summed E-state index contributed by atoms with van der Waals surface area (Å²) in [6, 6.07) is 2.54. The highest BCUT2D eigenvalue weighted by Gasteiger charge is 2.28. The van der Waals surface area contributed by atoms with Crippen molar-refractivity contribution >= 4 is 47.0 Å². The van der Waals surface area contributed by atoms with Gasteiger partial charge in [-0.3, -0.25) is 4.79 Å². The van der Waals surface area contributed by atoms with Crippen molar-refractivity contribution in [1.29, 1.82) is 0 Å². The number of carbonyl (C=O) groups excluding carboxylic acids is 1.